The van der Waals surface area contributed by atoms with Crippen LogP contribution in [0.25, 0.3) is 0 Å². The summed E-state index contributed by atoms with van der Waals surface area (Å²) in [6, 6.07) is -0.162. The van der Waals surface area contributed by atoms with Gasteiger partial charge in [0.25, 0.3) is 0 Å². The molecule has 1 aromatic rings. The maximum Gasteiger partial charge on any atom is 0.240 e. The van der Waals surface area contributed by atoms with E-state index in [0.29, 0.717) is 19.5 Å². The highest BCUT2D eigenvalue weighted by Crippen LogP contribution is 2.25. The molecular weight excluding hydrogens is 256 g/mol. The standard InChI is InChI=1S/C14H22N4O2/c1-14(20-2)4-3-5-18(8-14)13(19)11-6-10-12(7-15-11)17-9-16-10/h9,11,15H,3-8H2,1-2H3,(H,16,17). The predicted octanol–water partition coefficient (Wildman–Crippen LogP) is 0.452. The molecule has 6 heteroatoms. The maximum atomic E-state index is 12.7. The van der Waals surface area contributed by atoms with E-state index in [9.17, 15) is 4.79 Å². The van der Waals surface area contributed by atoms with Gasteiger partial charge in [-0.1, -0.05) is 0 Å². The van der Waals surface area contributed by atoms with Crippen LogP contribution in [0.15, 0.2) is 6.33 Å². The van der Waals surface area contributed by atoms with Crippen molar-refractivity contribution in [2.75, 3.05) is 20.2 Å². The fourth-order valence-electron chi connectivity index (χ4n) is 3.12. The smallest absolute Gasteiger partial charge is 0.240 e. The van der Waals surface area contributed by atoms with Crippen LogP contribution < -0.4 is 5.32 Å². The largest absolute Gasteiger partial charge is 0.377 e. The number of carbonyl (C=O) groups is 1. The molecule has 0 aromatic carbocycles. The van der Waals surface area contributed by atoms with E-state index < -0.39 is 0 Å². The van der Waals surface area contributed by atoms with Gasteiger partial charge in [-0.05, 0) is 19.8 Å². The van der Waals surface area contributed by atoms with Gasteiger partial charge in [-0.3, -0.25) is 10.1 Å². The number of H-pyrrole nitrogens is 1. The van der Waals surface area contributed by atoms with E-state index in [4.69, 9.17) is 4.74 Å². The molecule has 1 fully saturated rings. The fourth-order valence-corrected chi connectivity index (χ4v) is 3.12. The highest BCUT2D eigenvalue weighted by molar-refractivity contribution is 5.82. The normalized spacial score (nSPS) is 30.1. The van der Waals surface area contributed by atoms with Crippen molar-refractivity contribution >= 4 is 5.91 Å². The van der Waals surface area contributed by atoms with Crippen LogP contribution in [0.3, 0.4) is 0 Å². The Bertz CT molecular complexity index is 501. The van der Waals surface area contributed by atoms with Gasteiger partial charge in [-0.2, -0.15) is 0 Å². The van der Waals surface area contributed by atoms with Crippen LogP contribution >= 0.6 is 0 Å². The van der Waals surface area contributed by atoms with Gasteiger partial charge in [-0.25, -0.2) is 4.98 Å². The van der Waals surface area contributed by atoms with Gasteiger partial charge < -0.3 is 14.6 Å². The molecule has 2 aliphatic rings. The number of aromatic amines is 1. The van der Waals surface area contributed by atoms with E-state index in [1.807, 2.05) is 4.90 Å². The summed E-state index contributed by atoms with van der Waals surface area (Å²) < 4.78 is 5.56. The fraction of sp³-hybridized carbons (Fsp3) is 0.714. The molecule has 6 nitrogen and oxygen atoms in total. The average Bonchev–Trinajstić information content (AvgIpc) is 2.94. The SMILES string of the molecule is COC1(C)CCCN(C(=O)C2Cc3nc[nH]c3CN2)C1. The number of piperidine rings is 1. The summed E-state index contributed by atoms with van der Waals surface area (Å²) >= 11 is 0. The number of hydrogen-bond donors (Lipinski definition) is 2. The van der Waals surface area contributed by atoms with E-state index in [2.05, 4.69) is 22.2 Å². The van der Waals surface area contributed by atoms with Crippen molar-refractivity contribution in [3.8, 4) is 0 Å². The Morgan fingerprint density at radius 2 is 2.45 bits per heavy atom. The van der Waals surface area contributed by atoms with Crippen molar-refractivity contribution in [1.82, 2.24) is 20.2 Å². The summed E-state index contributed by atoms with van der Waals surface area (Å²) in [6.07, 6.45) is 4.37. The monoisotopic (exact) mass is 278 g/mol. The molecule has 110 valence electrons. The molecule has 3 heterocycles. The zero-order chi connectivity index (χ0) is 14.2. The van der Waals surface area contributed by atoms with E-state index in [0.717, 1.165) is 30.8 Å². The summed E-state index contributed by atoms with van der Waals surface area (Å²) in [5, 5.41) is 3.30. The van der Waals surface area contributed by atoms with Crippen molar-refractivity contribution in [2.45, 2.75) is 44.4 Å². The Balaban J connectivity index is 1.67. The number of rotatable bonds is 2. The Kier molecular flexibility index (Phi) is 3.52. The van der Waals surface area contributed by atoms with Crippen LogP contribution in [0.5, 0.6) is 0 Å². The molecule has 2 atom stereocenters. The first-order valence-electron chi connectivity index (χ1n) is 7.20. The predicted molar refractivity (Wildman–Crippen MR) is 74.1 cm³/mol. The molecule has 2 N–H and O–H groups in total. The minimum Gasteiger partial charge on any atom is -0.377 e. The molecular formula is C14H22N4O2. The van der Waals surface area contributed by atoms with Crippen LogP contribution in [-0.4, -0.2) is 52.6 Å². The lowest BCUT2D eigenvalue weighted by Gasteiger charge is -2.41. The third-order valence-corrected chi connectivity index (χ3v) is 4.49. The second kappa shape index (κ2) is 5.18. The number of fused-ring (bicyclic) bond motifs is 1. The molecule has 3 rings (SSSR count). The van der Waals surface area contributed by atoms with Gasteiger partial charge in [0.05, 0.1) is 29.4 Å². The first-order chi connectivity index (χ1) is 9.61. The van der Waals surface area contributed by atoms with Gasteiger partial charge in [0, 0.05) is 33.2 Å². The van der Waals surface area contributed by atoms with Gasteiger partial charge in [-0.15, -0.1) is 0 Å². The lowest BCUT2D eigenvalue weighted by atomic mass is 9.93. The van der Waals surface area contributed by atoms with Crippen LogP contribution in [0.1, 0.15) is 31.2 Å². The third-order valence-electron chi connectivity index (χ3n) is 4.49. The number of amides is 1. The number of methoxy groups -OCH3 is 1. The van der Waals surface area contributed by atoms with Gasteiger partial charge in [0.1, 0.15) is 0 Å². The van der Waals surface area contributed by atoms with Crippen molar-refractivity contribution in [1.29, 1.82) is 0 Å². The Hall–Kier alpha value is -1.40. The van der Waals surface area contributed by atoms with E-state index in [-0.39, 0.29) is 17.6 Å². The molecule has 2 aliphatic heterocycles. The summed E-state index contributed by atoms with van der Waals surface area (Å²) in [6.45, 7) is 4.25. The van der Waals surface area contributed by atoms with Crippen LogP contribution in [0.4, 0.5) is 0 Å². The first kappa shape index (κ1) is 13.6. The number of imidazole rings is 1. The molecule has 20 heavy (non-hydrogen) atoms. The van der Waals surface area contributed by atoms with E-state index in [1.165, 1.54) is 0 Å². The number of aromatic nitrogens is 2. The second-order valence-corrected chi connectivity index (χ2v) is 5.98. The molecule has 0 bridgehead atoms. The summed E-state index contributed by atoms with van der Waals surface area (Å²) in [5.41, 5.74) is 1.89. The molecule has 1 saturated heterocycles. The quantitative estimate of drug-likeness (QED) is 0.824. The zero-order valence-corrected chi connectivity index (χ0v) is 12.1. The number of ether oxygens (including phenoxy) is 1. The average molecular weight is 278 g/mol. The topological polar surface area (TPSA) is 70.2 Å². The lowest BCUT2D eigenvalue weighted by Crippen LogP contribution is -2.56. The maximum absolute atomic E-state index is 12.7. The summed E-state index contributed by atoms with van der Waals surface area (Å²) in [4.78, 5) is 22.0. The van der Waals surface area contributed by atoms with Gasteiger partial charge in [0.15, 0.2) is 0 Å². The Morgan fingerprint density at radius 1 is 1.60 bits per heavy atom. The summed E-state index contributed by atoms with van der Waals surface area (Å²) in [5.74, 6) is 0.168. The van der Waals surface area contributed by atoms with Crippen molar-refractivity contribution < 1.29 is 9.53 Å². The van der Waals surface area contributed by atoms with Gasteiger partial charge in [0.2, 0.25) is 5.91 Å². The van der Waals surface area contributed by atoms with Crippen LogP contribution in [0, 0.1) is 0 Å². The number of hydrogen-bond acceptors (Lipinski definition) is 4. The number of nitrogens with zero attached hydrogens (tertiary/aromatic N) is 2. The Labute approximate surface area is 118 Å². The van der Waals surface area contributed by atoms with Crippen LogP contribution in [-0.2, 0) is 22.5 Å². The zero-order valence-electron chi connectivity index (χ0n) is 12.1. The minimum absolute atomic E-state index is 0.162. The Morgan fingerprint density at radius 3 is 3.25 bits per heavy atom. The number of likely N-dealkylation sites (tertiary alicyclic amines) is 1. The van der Waals surface area contributed by atoms with E-state index in [1.54, 1.807) is 13.4 Å². The van der Waals surface area contributed by atoms with Crippen LogP contribution in [0.2, 0.25) is 0 Å². The second-order valence-electron chi connectivity index (χ2n) is 5.98. The third kappa shape index (κ3) is 2.45. The molecule has 1 amide bonds. The molecule has 0 spiro atoms. The molecule has 2 unspecified atom stereocenters. The van der Waals surface area contributed by atoms with E-state index >= 15 is 0 Å². The van der Waals surface area contributed by atoms with Crippen molar-refractivity contribution in [3.05, 3.63) is 17.7 Å². The summed E-state index contributed by atoms with van der Waals surface area (Å²) in [7, 11) is 1.73. The highest BCUT2D eigenvalue weighted by Gasteiger charge is 2.36. The highest BCUT2D eigenvalue weighted by atomic mass is 16.5. The number of nitrogens with one attached hydrogen (secondary N) is 2. The van der Waals surface area contributed by atoms with Crippen molar-refractivity contribution in [3.63, 3.8) is 0 Å². The molecule has 1 aromatic heterocycles. The first-order valence-corrected chi connectivity index (χ1v) is 7.20. The number of carbonyl (C=O) groups excluding carboxylic acids is 1. The molecule has 0 saturated carbocycles. The molecule has 0 radical (unpaired) electrons. The van der Waals surface area contributed by atoms with Gasteiger partial charge >= 0.3 is 0 Å². The molecule has 0 aliphatic carbocycles. The lowest BCUT2D eigenvalue weighted by molar-refractivity contribution is -0.141. The van der Waals surface area contributed by atoms with Crippen molar-refractivity contribution in [2.24, 2.45) is 0 Å². The minimum atomic E-state index is -0.208.